The third kappa shape index (κ3) is 3.82. The molecule has 4 heterocycles. The van der Waals surface area contributed by atoms with Gasteiger partial charge >= 0.3 is 0 Å². The van der Waals surface area contributed by atoms with Crippen molar-refractivity contribution in [2.75, 3.05) is 0 Å². The molecule has 0 atom stereocenters. The zero-order valence-electron chi connectivity index (χ0n) is 17.8. The third-order valence-electron chi connectivity index (χ3n) is 5.41. The van der Waals surface area contributed by atoms with Crippen molar-refractivity contribution in [3.05, 3.63) is 66.5 Å². The monoisotopic (exact) mass is 457 g/mol. The molecule has 4 aromatic heterocycles. The Hall–Kier alpha value is -3.79. The number of rotatable bonds is 7. The van der Waals surface area contributed by atoms with Crippen molar-refractivity contribution in [2.24, 2.45) is 0 Å². The highest BCUT2D eigenvalue weighted by molar-refractivity contribution is 7.98. The second-order valence-corrected chi connectivity index (χ2v) is 8.71. The molecular weight excluding hydrogens is 438 g/mol. The van der Waals surface area contributed by atoms with E-state index in [9.17, 15) is 0 Å². The van der Waals surface area contributed by atoms with E-state index in [1.54, 1.807) is 6.20 Å². The Kier molecular flexibility index (Phi) is 4.99. The van der Waals surface area contributed by atoms with Crippen LogP contribution in [0.2, 0.25) is 0 Å². The van der Waals surface area contributed by atoms with Crippen molar-refractivity contribution in [1.82, 2.24) is 35.1 Å². The number of hydrogen-bond donors (Lipinski definition) is 0. The smallest absolute Gasteiger partial charge is 0.253 e. The summed E-state index contributed by atoms with van der Waals surface area (Å²) in [5.41, 5.74) is 3.29. The van der Waals surface area contributed by atoms with Crippen LogP contribution in [0, 0.1) is 6.92 Å². The van der Waals surface area contributed by atoms with Gasteiger partial charge in [0, 0.05) is 29.6 Å². The maximum absolute atomic E-state index is 5.99. The summed E-state index contributed by atoms with van der Waals surface area (Å²) >= 11 is 1.53. The number of aryl methyl sites for hydroxylation is 1. The molecule has 0 saturated heterocycles. The van der Waals surface area contributed by atoms with Crippen LogP contribution in [0.4, 0.5) is 0 Å². The minimum absolute atomic E-state index is 0.392. The van der Waals surface area contributed by atoms with Gasteiger partial charge in [-0.3, -0.25) is 9.55 Å². The molecule has 1 fully saturated rings. The number of thioether (sulfide) groups is 1. The van der Waals surface area contributed by atoms with Crippen molar-refractivity contribution >= 4 is 11.8 Å². The highest BCUT2D eigenvalue weighted by atomic mass is 32.2. The van der Waals surface area contributed by atoms with Gasteiger partial charge in [0.1, 0.15) is 17.0 Å². The maximum Gasteiger partial charge on any atom is 0.253 e. The number of nitrogens with zero attached hydrogens (tertiary/aromatic N) is 7. The fourth-order valence-corrected chi connectivity index (χ4v) is 4.53. The van der Waals surface area contributed by atoms with E-state index in [4.69, 9.17) is 8.94 Å². The van der Waals surface area contributed by atoms with Crippen LogP contribution < -0.4 is 0 Å². The first-order chi connectivity index (χ1) is 16.3. The predicted molar refractivity (Wildman–Crippen MR) is 121 cm³/mol. The van der Waals surface area contributed by atoms with E-state index in [1.807, 2.05) is 55.6 Å². The fraction of sp³-hybridized carbons (Fsp3) is 0.217. The number of pyridine rings is 1. The Labute approximate surface area is 193 Å². The van der Waals surface area contributed by atoms with Crippen LogP contribution in [0.25, 0.3) is 34.1 Å². The molecule has 1 aliphatic rings. The van der Waals surface area contributed by atoms with E-state index in [0.717, 1.165) is 34.9 Å². The molecule has 1 aliphatic carbocycles. The SMILES string of the molecule is Cc1onc(-c2ccccc2)c1-c1nnc(CSc2nnc(-c3cccnc3)n2C2CC2)o1. The molecule has 0 spiro atoms. The largest absolute Gasteiger partial charge is 0.420 e. The van der Waals surface area contributed by atoms with Gasteiger partial charge in [0.25, 0.3) is 5.89 Å². The normalized spacial score (nSPS) is 13.5. The van der Waals surface area contributed by atoms with Crippen molar-refractivity contribution in [3.63, 3.8) is 0 Å². The lowest BCUT2D eigenvalue weighted by atomic mass is 10.1. The van der Waals surface area contributed by atoms with Gasteiger partial charge in [-0.1, -0.05) is 47.3 Å². The van der Waals surface area contributed by atoms with Gasteiger partial charge < -0.3 is 8.94 Å². The van der Waals surface area contributed by atoms with Crippen LogP contribution in [-0.4, -0.2) is 35.1 Å². The molecule has 164 valence electrons. The molecule has 0 aliphatic heterocycles. The summed E-state index contributed by atoms with van der Waals surface area (Å²) in [5.74, 6) is 2.85. The van der Waals surface area contributed by atoms with Crippen LogP contribution in [0.3, 0.4) is 0 Å². The summed E-state index contributed by atoms with van der Waals surface area (Å²) in [6.45, 7) is 1.84. The van der Waals surface area contributed by atoms with E-state index >= 15 is 0 Å². The minimum Gasteiger partial charge on any atom is -0.420 e. The molecule has 5 aromatic rings. The van der Waals surface area contributed by atoms with Crippen molar-refractivity contribution in [1.29, 1.82) is 0 Å². The second-order valence-electron chi connectivity index (χ2n) is 7.77. The summed E-state index contributed by atoms with van der Waals surface area (Å²) in [6, 6.07) is 14.1. The molecule has 9 nitrogen and oxygen atoms in total. The first-order valence-corrected chi connectivity index (χ1v) is 11.6. The summed E-state index contributed by atoms with van der Waals surface area (Å²) in [5, 5.41) is 22.4. The lowest BCUT2D eigenvalue weighted by molar-refractivity contribution is 0.399. The van der Waals surface area contributed by atoms with Crippen molar-refractivity contribution in [2.45, 2.75) is 36.7 Å². The van der Waals surface area contributed by atoms with Crippen LogP contribution in [-0.2, 0) is 5.75 Å². The van der Waals surface area contributed by atoms with E-state index in [0.29, 0.717) is 40.6 Å². The molecule has 10 heteroatoms. The van der Waals surface area contributed by atoms with Gasteiger partial charge in [-0.25, -0.2) is 0 Å². The highest BCUT2D eigenvalue weighted by Gasteiger charge is 2.30. The fourth-order valence-electron chi connectivity index (χ4n) is 3.69. The van der Waals surface area contributed by atoms with Crippen molar-refractivity contribution in [3.8, 4) is 34.1 Å². The van der Waals surface area contributed by atoms with E-state index < -0.39 is 0 Å². The Morgan fingerprint density at radius 1 is 1.00 bits per heavy atom. The summed E-state index contributed by atoms with van der Waals surface area (Å²) in [4.78, 5) is 4.21. The Balaban J connectivity index is 1.25. The Morgan fingerprint density at radius 2 is 1.85 bits per heavy atom. The lowest BCUT2D eigenvalue weighted by Crippen LogP contribution is -2.00. The van der Waals surface area contributed by atoms with Crippen molar-refractivity contribution < 1.29 is 8.94 Å². The standard InChI is InChI=1S/C23H19N7O2S/c1-14-19(20(29-32-14)15-6-3-2-4-7-15)22-27-25-18(31-22)13-33-23-28-26-21(30(23)17-9-10-17)16-8-5-11-24-12-16/h2-8,11-12,17H,9-10,13H2,1H3. The van der Waals surface area contributed by atoms with Gasteiger partial charge in [0.2, 0.25) is 5.89 Å². The lowest BCUT2D eigenvalue weighted by Gasteiger charge is -2.07. The molecule has 33 heavy (non-hydrogen) atoms. The van der Waals surface area contributed by atoms with Crippen LogP contribution >= 0.6 is 11.8 Å². The quantitative estimate of drug-likeness (QED) is 0.313. The summed E-state index contributed by atoms with van der Waals surface area (Å²) in [6.07, 6.45) is 5.81. The van der Waals surface area contributed by atoms with Crippen LogP contribution in [0.5, 0.6) is 0 Å². The molecule has 1 aromatic carbocycles. The molecule has 0 unspecified atom stereocenters. The third-order valence-corrected chi connectivity index (χ3v) is 6.34. The molecule has 0 N–H and O–H groups in total. The average Bonchev–Trinajstić information content (AvgIpc) is 3.26. The Bertz CT molecular complexity index is 1390. The van der Waals surface area contributed by atoms with Gasteiger partial charge in [-0.15, -0.1) is 20.4 Å². The zero-order chi connectivity index (χ0) is 22.2. The second kappa shape index (κ2) is 8.28. The summed E-state index contributed by atoms with van der Waals surface area (Å²) in [7, 11) is 0. The maximum atomic E-state index is 5.99. The minimum atomic E-state index is 0.392. The number of benzene rings is 1. The van der Waals surface area contributed by atoms with Gasteiger partial charge in [-0.2, -0.15) is 0 Å². The number of aromatic nitrogens is 7. The van der Waals surface area contributed by atoms with E-state index in [2.05, 4.69) is 35.1 Å². The molecule has 1 saturated carbocycles. The highest BCUT2D eigenvalue weighted by Crippen LogP contribution is 2.41. The Morgan fingerprint density at radius 3 is 2.64 bits per heavy atom. The first kappa shape index (κ1) is 19.9. The topological polar surface area (TPSA) is 109 Å². The predicted octanol–water partition coefficient (Wildman–Crippen LogP) is 4.98. The van der Waals surface area contributed by atoms with E-state index in [1.165, 1.54) is 11.8 Å². The van der Waals surface area contributed by atoms with Crippen LogP contribution in [0.15, 0.2) is 69.0 Å². The van der Waals surface area contributed by atoms with Gasteiger partial charge in [0.05, 0.1) is 5.75 Å². The molecular formula is C23H19N7O2S. The van der Waals surface area contributed by atoms with Gasteiger partial charge in [-0.05, 0) is 31.9 Å². The first-order valence-electron chi connectivity index (χ1n) is 10.6. The summed E-state index contributed by atoms with van der Waals surface area (Å²) < 4.78 is 13.6. The molecule has 0 amide bonds. The zero-order valence-corrected chi connectivity index (χ0v) is 18.6. The van der Waals surface area contributed by atoms with E-state index in [-0.39, 0.29) is 0 Å². The van der Waals surface area contributed by atoms with Gasteiger partial charge in [0.15, 0.2) is 11.0 Å². The molecule has 0 bridgehead atoms. The average molecular weight is 458 g/mol. The van der Waals surface area contributed by atoms with Crippen LogP contribution in [0.1, 0.15) is 30.5 Å². The number of hydrogen-bond acceptors (Lipinski definition) is 9. The molecule has 0 radical (unpaired) electrons. The molecule has 6 rings (SSSR count).